The SMILES string of the molecule is CC1(C(=O)O)CCCN(C2CCS(=O)(=O)CC2)C1. The number of carboxylic acids is 1. The molecule has 2 aliphatic heterocycles. The van der Waals surface area contributed by atoms with Crippen LogP contribution in [-0.4, -0.2) is 55.0 Å². The number of rotatable bonds is 2. The van der Waals surface area contributed by atoms with E-state index < -0.39 is 21.2 Å². The third kappa shape index (κ3) is 2.85. The number of likely N-dealkylation sites (tertiary alicyclic amines) is 1. The van der Waals surface area contributed by atoms with E-state index in [1.165, 1.54) is 0 Å². The Morgan fingerprint density at radius 2 is 1.94 bits per heavy atom. The Morgan fingerprint density at radius 3 is 2.50 bits per heavy atom. The molecular formula is C12H21NO4S. The van der Waals surface area contributed by atoms with E-state index in [1.54, 1.807) is 6.92 Å². The molecule has 0 bridgehead atoms. The van der Waals surface area contributed by atoms with E-state index in [1.807, 2.05) is 0 Å². The summed E-state index contributed by atoms with van der Waals surface area (Å²) in [6.45, 7) is 3.24. The van der Waals surface area contributed by atoms with Gasteiger partial charge in [-0.05, 0) is 39.2 Å². The molecule has 5 nitrogen and oxygen atoms in total. The van der Waals surface area contributed by atoms with Gasteiger partial charge in [-0.25, -0.2) is 8.42 Å². The van der Waals surface area contributed by atoms with Gasteiger partial charge in [0.05, 0.1) is 16.9 Å². The molecule has 6 heteroatoms. The van der Waals surface area contributed by atoms with Crippen LogP contribution < -0.4 is 0 Å². The first kappa shape index (κ1) is 13.8. The predicted octanol–water partition coefficient (Wildman–Crippen LogP) is 0.750. The van der Waals surface area contributed by atoms with Gasteiger partial charge in [0.15, 0.2) is 0 Å². The summed E-state index contributed by atoms with van der Waals surface area (Å²) in [5.41, 5.74) is -0.672. The van der Waals surface area contributed by atoms with Crippen molar-refractivity contribution in [3.05, 3.63) is 0 Å². The standard InChI is InChI=1S/C12H21NO4S/c1-12(11(14)15)5-2-6-13(9-12)10-3-7-18(16,17)8-4-10/h10H,2-9H2,1H3,(H,14,15). The fourth-order valence-corrected chi connectivity index (χ4v) is 4.47. The third-order valence-electron chi connectivity index (χ3n) is 4.28. The van der Waals surface area contributed by atoms with E-state index in [0.29, 0.717) is 25.8 Å². The maximum Gasteiger partial charge on any atom is 0.310 e. The zero-order valence-corrected chi connectivity index (χ0v) is 11.6. The highest BCUT2D eigenvalue weighted by Crippen LogP contribution is 2.32. The zero-order chi connectivity index (χ0) is 13.4. The van der Waals surface area contributed by atoms with Crippen molar-refractivity contribution in [1.29, 1.82) is 0 Å². The Kier molecular flexibility index (Phi) is 3.69. The molecule has 104 valence electrons. The zero-order valence-electron chi connectivity index (χ0n) is 10.8. The minimum atomic E-state index is -2.84. The van der Waals surface area contributed by atoms with Crippen LogP contribution in [0.3, 0.4) is 0 Å². The van der Waals surface area contributed by atoms with Crippen molar-refractivity contribution in [2.24, 2.45) is 5.41 Å². The van der Waals surface area contributed by atoms with Crippen LogP contribution >= 0.6 is 0 Å². The average Bonchev–Trinajstić information content (AvgIpc) is 2.28. The molecule has 2 saturated heterocycles. The molecule has 2 aliphatic rings. The van der Waals surface area contributed by atoms with Crippen molar-refractivity contribution in [2.45, 2.75) is 38.6 Å². The number of aliphatic carboxylic acids is 1. The maximum atomic E-state index is 11.4. The number of nitrogens with zero attached hydrogens (tertiary/aromatic N) is 1. The molecule has 2 heterocycles. The van der Waals surface area contributed by atoms with Gasteiger partial charge in [0, 0.05) is 12.6 Å². The molecule has 0 aliphatic carbocycles. The van der Waals surface area contributed by atoms with E-state index in [4.69, 9.17) is 0 Å². The maximum absolute atomic E-state index is 11.4. The number of hydrogen-bond acceptors (Lipinski definition) is 4. The van der Waals surface area contributed by atoms with Crippen LogP contribution in [-0.2, 0) is 14.6 Å². The van der Waals surface area contributed by atoms with Gasteiger partial charge in [-0.1, -0.05) is 0 Å². The summed E-state index contributed by atoms with van der Waals surface area (Å²) in [5, 5.41) is 9.27. The summed E-state index contributed by atoms with van der Waals surface area (Å²) < 4.78 is 22.8. The number of hydrogen-bond donors (Lipinski definition) is 1. The monoisotopic (exact) mass is 275 g/mol. The van der Waals surface area contributed by atoms with Crippen molar-refractivity contribution >= 4 is 15.8 Å². The molecule has 0 radical (unpaired) electrons. The van der Waals surface area contributed by atoms with Gasteiger partial charge in [-0.2, -0.15) is 0 Å². The van der Waals surface area contributed by atoms with Crippen molar-refractivity contribution in [1.82, 2.24) is 4.90 Å². The molecular weight excluding hydrogens is 254 g/mol. The van der Waals surface area contributed by atoms with Gasteiger partial charge in [0.2, 0.25) is 0 Å². The van der Waals surface area contributed by atoms with E-state index in [0.717, 1.165) is 13.0 Å². The van der Waals surface area contributed by atoms with E-state index >= 15 is 0 Å². The Labute approximate surface area is 108 Å². The van der Waals surface area contributed by atoms with Gasteiger partial charge in [0.1, 0.15) is 9.84 Å². The fraction of sp³-hybridized carbons (Fsp3) is 0.917. The molecule has 2 fully saturated rings. The van der Waals surface area contributed by atoms with Gasteiger partial charge in [-0.3, -0.25) is 9.69 Å². The lowest BCUT2D eigenvalue weighted by molar-refractivity contribution is -0.151. The fourth-order valence-electron chi connectivity index (χ4n) is 3.01. The summed E-state index contributed by atoms with van der Waals surface area (Å²) in [7, 11) is -2.84. The average molecular weight is 275 g/mol. The highest BCUT2D eigenvalue weighted by Gasteiger charge is 2.40. The highest BCUT2D eigenvalue weighted by atomic mass is 32.2. The first-order chi connectivity index (χ1) is 8.32. The third-order valence-corrected chi connectivity index (χ3v) is 6.00. The minimum Gasteiger partial charge on any atom is -0.481 e. The number of carboxylic acid groups (broad SMARTS) is 1. The lowest BCUT2D eigenvalue weighted by Crippen LogP contribution is -2.51. The molecule has 18 heavy (non-hydrogen) atoms. The summed E-state index contributed by atoms with van der Waals surface area (Å²) in [6, 6.07) is 0.243. The van der Waals surface area contributed by atoms with E-state index in [9.17, 15) is 18.3 Å². The lowest BCUT2D eigenvalue weighted by atomic mass is 9.81. The molecule has 0 saturated carbocycles. The lowest BCUT2D eigenvalue weighted by Gasteiger charge is -2.42. The van der Waals surface area contributed by atoms with Crippen LogP contribution in [0.15, 0.2) is 0 Å². The smallest absolute Gasteiger partial charge is 0.310 e. The predicted molar refractivity (Wildman–Crippen MR) is 68.2 cm³/mol. The second-order valence-electron chi connectivity index (χ2n) is 5.82. The molecule has 0 spiro atoms. The molecule has 0 aromatic carbocycles. The summed E-state index contributed by atoms with van der Waals surface area (Å²) in [6.07, 6.45) is 2.89. The first-order valence-corrected chi connectivity index (χ1v) is 8.32. The molecule has 0 aromatic rings. The Hall–Kier alpha value is -0.620. The van der Waals surface area contributed by atoms with E-state index in [-0.39, 0.29) is 17.5 Å². The first-order valence-electron chi connectivity index (χ1n) is 6.50. The summed E-state index contributed by atoms with van der Waals surface area (Å²) in [5.74, 6) is -0.244. The molecule has 2 rings (SSSR count). The minimum absolute atomic E-state index is 0.243. The summed E-state index contributed by atoms with van der Waals surface area (Å²) in [4.78, 5) is 13.5. The van der Waals surface area contributed by atoms with Crippen LogP contribution in [0.5, 0.6) is 0 Å². The van der Waals surface area contributed by atoms with E-state index in [2.05, 4.69) is 4.90 Å². The van der Waals surface area contributed by atoms with Crippen LogP contribution in [0.25, 0.3) is 0 Å². The topological polar surface area (TPSA) is 74.7 Å². The van der Waals surface area contributed by atoms with Gasteiger partial charge in [-0.15, -0.1) is 0 Å². The van der Waals surface area contributed by atoms with Crippen LogP contribution in [0.2, 0.25) is 0 Å². The molecule has 1 N–H and O–H groups in total. The molecule has 1 unspecified atom stereocenters. The van der Waals surface area contributed by atoms with Crippen molar-refractivity contribution in [2.75, 3.05) is 24.6 Å². The second kappa shape index (κ2) is 4.81. The Morgan fingerprint density at radius 1 is 1.33 bits per heavy atom. The van der Waals surface area contributed by atoms with Crippen molar-refractivity contribution in [3.63, 3.8) is 0 Å². The van der Waals surface area contributed by atoms with Gasteiger partial charge < -0.3 is 5.11 Å². The highest BCUT2D eigenvalue weighted by molar-refractivity contribution is 7.91. The van der Waals surface area contributed by atoms with Crippen LogP contribution in [0.4, 0.5) is 0 Å². The van der Waals surface area contributed by atoms with Crippen molar-refractivity contribution in [3.8, 4) is 0 Å². The quantitative estimate of drug-likeness (QED) is 0.805. The number of carbonyl (C=O) groups is 1. The Bertz CT molecular complexity index is 419. The molecule has 0 amide bonds. The largest absolute Gasteiger partial charge is 0.481 e. The molecule has 0 aromatic heterocycles. The second-order valence-corrected chi connectivity index (χ2v) is 8.13. The normalized spacial score (nSPS) is 34.3. The number of piperidine rings is 1. The van der Waals surface area contributed by atoms with Crippen LogP contribution in [0.1, 0.15) is 32.6 Å². The molecule has 1 atom stereocenters. The van der Waals surface area contributed by atoms with Crippen LogP contribution in [0, 0.1) is 5.41 Å². The summed E-state index contributed by atoms with van der Waals surface area (Å²) >= 11 is 0. The van der Waals surface area contributed by atoms with Gasteiger partial charge in [0.25, 0.3) is 0 Å². The Balaban J connectivity index is 2.00. The number of sulfone groups is 1. The van der Waals surface area contributed by atoms with Crippen molar-refractivity contribution < 1.29 is 18.3 Å². The van der Waals surface area contributed by atoms with Gasteiger partial charge >= 0.3 is 5.97 Å².